The van der Waals surface area contributed by atoms with E-state index in [0.717, 1.165) is 0 Å². The molecule has 2 rings (SSSR count). The number of nitrogen functional groups attached to an aromatic ring is 1. The number of benzene rings is 1. The average molecular weight is 344 g/mol. The Bertz CT molecular complexity index is 599. The molecule has 23 heavy (non-hydrogen) atoms. The summed E-state index contributed by atoms with van der Waals surface area (Å²) in [6.45, 7) is 5.90. The number of amides is 2. The largest absolute Gasteiger partial charge is 0.454 e. The third-order valence-electron chi connectivity index (χ3n) is 2.96. The summed E-state index contributed by atoms with van der Waals surface area (Å²) in [6, 6.07) is 3.20. The molecule has 0 aliphatic carbocycles. The van der Waals surface area contributed by atoms with E-state index in [1.54, 1.807) is 12.1 Å². The molecule has 128 valence electrons. The Morgan fingerprint density at radius 3 is 2.39 bits per heavy atom. The van der Waals surface area contributed by atoms with Gasteiger partial charge in [-0.3, -0.25) is 9.59 Å². The number of nitrogens with two attached hydrogens (primary N) is 1. The van der Waals surface area contributed by atoms with Crippen LogP contribution in [-0.2, 0) is 9.59 Å². The van der Waals surface area contributed by atoms with Gasteiger partial charge >= 0.3 is 0 Å². The maximum atomic E-state index is 11.9. The van der Waals surface area contributed by atoms with E-state index in [1.807, 2.05) is 20.8 Å². The highest BCUT2D eigenvalue weighted by atomic mass is 35.5. The number of carbonyl (C=O) groups is 2. The molecule has 2 amide bonds. The molecule has 4 N–H and O–H groups in total. The molecule has 1 aromatic carbocycles. The SMILES string of the molecule is CC(C)(C)CC(=O)NCC(=O)Nc1cc2c(cc1N)OCO2.Cl. The quantitative estimate of drug-likeness (QED) is 0.725. The molecule has 0 bridgehead atoms. The molecule has 7 nitrogen and oxygen atoms in total. The molecule has 1 heterocycles. The Morgan fingerprint density at radius 2 is 1.78 bits per heavy atom. The smallest absolute Gasteiger partial charge is 0.243 e. The molecule has 0 saturated carbocycles. The summed E-state index contributed by atoms with van der Waals surface area (Å²) in [5, 5.41) is 5.23. The first-order chi connectivity index (χ1) is 10.2. The molecular weight excluding hydrogens is 322 g/mol. The first kappa shape index (κ1) is 18.9. The van der Waals surface area contributed by atoms with E-state index in [4.69, 9.17) is 15.2 Å². The Balaban J connectivity index is 0.00000264. The third-order valence-corrected chi connectivity index (χ3v) is 2.96. The number of carbonyl (C=O) groups excluding carboxylic acids is 2. The van der Waals surface area contributed by atoms with Crippen LogP contribution in [-0.4, -0.2) is 25.2 Å². The lowest BCUT2D eigenvalue weighted by atomic mass is 9.92. The Hall–Kier alpha value is -2.15. The molecule has 0 aromatic heterocycles. The molecule has 1 aliphatic heterocycles. The third kappa shape index (κ3) is 5.52. The van der Waals surface area contributed by atoms with Crippen LogP contribution in [0.25, 0.3) is 0 Å². The van der Waals surface area contributed by atoms with E-state index >= 15 is 0 Å². The van der Waals surface area contributed by atoms with E-state index in [1.165, 1.54) is 0 Å². The monoisotopic (exact) mass is 343 g/mol. The molecule has 0 spiro atoms. The zero-order valence-corrected chi connectivity index (χ0v) is 14.2. The number of ether oxygens (including phenoxy) is 2. The standard InChI is InChI=1S/C15H21N3O4.ClH/c1-15(2,3)6-13(19)17-7-14(20)18-10-5-12-11(4-9(10)16)21-8-22-12;/h4-5H,6-8,16H2,1-3H3,(H,17,19)(H,18,20);1H. The molecule has 1 aromatic rings. The van der Waals surface area contributed by atoms with Gasteiger partial charge in [-0.25, -0.2) is 0 Å². The summed E-state index contributed by atoms with van der Waals surface area (Å²) in [5.74, 6) is 0.560. The van der Waals surface area contributed by atoms with Crippen molar-refractivity contribution < 1.29 is 19.1 Å². The number of halogens is 1. The Morgan fingerprint density at radius 1 is 1.17 bits per heavy atom. The van der Waals surface area contributed by atoms with E-state index in [2.05, 4.69) is 10.6 Å². The summed E-state index contributed by atoms with van der Waals surface area (Å²) in [6.07, 6.45) is 0.354. The number of hydrogen-bond donors (Lipinski definition) is 3. The maximum absolute atomic E-state index is 11.9. The second kappa shape index (κ2) is 7.41. The van der Waals surface area contributed by atoms with Crippen LogP contribution in [0.15, 0.2) is 12.1 Å². The molecule has 0 atom stereocenters. The van der Waals surface area contributed by atoms with Crippen LogP contribution in [0.3, 0.4) is 0 Å². The minimum Gasteiger partial charge on any atom is -0.454 e. The fraction of sp³-hybridized carbons (Fsp3) is 0.467. The van der Waals surface area contributed by atoms with Gasteiger partial charge in [-0.05, 0) is 5.41 Å². The summed E-state index contributed by atoms with van der Waals surface area (Å²) in [7, 11) is 0. The molecule has 0 fully saturated rings. The van der Waals surface area contributed by atoms with E-state index in [-0.39, 0.29) is 43.0 Å². The van der Waals surface area contributed by atoms with E-state index in [9.17, 15) is 9.59 Å². The molecule has 8 heteroatoms. The van der Waals surface area contributed by atoms with Gasteiger partial charge in [-0.2, -0.15) is 0 Å². The van der Waals surface area contributed by atoms with Crippen molar-refractivity contribution in [1.82, 2.24) is 5.32 Å². The summed E-state index contributed by atoms with van der Waals surface area (Å²) in [4.78, 5) is 23.6. The Kier molecular flexibility index (Phi) is 6.09. The lowest BCUT2D eigenvalue weighted by Gasteiger charge is -2.17. The normalized spacial score (nSPS) is 12.3. The predicted molar refractivity (Wildman–Crippen MR) is 89.9 cm³/mol. The van der Waals surface area contributed by atoms with Crippen LogP contribution in [0.4, 0.5) is 11.4 Å². The number of anilines is 2. The van der Waals surface area contributed by atoms with Gasteiger partial charge < -0.3 is 25.8 Å². The van der Waals surface area contributed by atoms with Crippen molar-refractivity contribution in [1.29, 1.82) is 0 Å². The van der Waals surface area contributed by atoms with Crippen LogP contribution in [0.2, 0.25) is 0 Å². The number of rotatable bonds is 4. The molecular formula is C15H22ClN3O4. The summed E-state index contributed by atoms with van der Waals surface area (Å²) in [5.41, 5.74) is 6.52. The van der Waals surface area contributed by atoms with E-state index < -0.39 is 0 Å². The van der Waals surface area contributed by atoms with Gasteiger partial charge in [0.25, 0.3) is 0 Å². The Labute approximate surface area is 141 Å². The number of nitrogens with one attached hydrogen (secondary N) is 2. The van der Waals surface area contributed by atoms with Gasteiger partial charge in [0.1, 0.15) is 0 Å². The van der Waals surface area contributed by atoms with Gasteiger partial charge in [0.15, 0.2) is 11.5 Å². The predicted octanol–water partition coefficient (Wildman–Crippen LogP) is 1.91. The average Bonchev–Trinajstić information content (AvgIpc) is 2.82. The fourth-order valence-electron chi connectivity index (χ4n) is 1.98. The highest BCUT2D eigenvalue weighted by Gasteiger charge is 2.18. The maximum Gasteiger partial charge on any atom is 0.243 e. The summed E-state index contributed by atoms with van der Waals surface area (Å²) >= 11 is 0. The van der Waals surface area contributed by atoms with Gasteiger partial charge in [-0.1, -0.05) is 20.8 Å². The minimum atomic E-state index is -0.354. The van der Waals surface area contributed by atoms with Crippen LogP contribution in [0.5, 0.6) is 11.5 Å². The van der Waals surface area contributed by atoms with Crippen LogP contribution < -0.4 is 25.8 Å². The van der Waals surface area contributed by atoms with Crippen molar-refractivity contribution in [2.24, 2.45) is 5.41 Å². The van der Waals surface area contributed by atoms with E-state index in [0.29, 0.717) is 29.3 Å². The van der Waals surface area contributed by atoms with Gasteiger partial charge in [-0.15, -0.1) is 12.4 Å². The van der Waals surface area contributed by atoms with Crippen molar-refractivity contribution >= 4 is 35.6 Å². The highest BCUT2D eigenvalue weighted by Crippen LogP contribution is 2.38. The second-order valence-electron chi connectivity index (χ2n) is 6.36. The zero-order chi connectivity index (χ0) is 16.3. The molecule has 0 saturated heterocycles. The number of hydrogen-bond acceptors (Lipinski definition) is 5. The van der Waals surface area contributed by atoms with Crippen molar-refractivity contribution in [2.45, 2.75) is 27.2 Å². The minimum absolute atomic E-state index is 0. The number of fused-ring (bicyclic) bond motifs is 1. The lowest BCUT2D eigenvalue weighted by Crippen LogP contribution is -2.34. The molecule has 0 radical (unpaired) electrons. The van der Waals surface area contributed by atoms with Crippen LogP contribution >= 0.6 is 12.4 Å². The van der Waals surface area contributed by atoms with Gasteiger partial charge in [0, 0.05) is 18.6 Å². The summed E-state index contributed by atoms with van der Waals surface area (Å²) < 4.78 is 10.4. The lowest BCUT2D eigenvalue weighted by molar-refractivity contribution is -0.125. The molecule has 1 aliphatic rings. The van der Waals surface area contributed by atoms with Crippen molar-refractivity contribution in [3.63, 3.8) is 0 Å². The molecule has 0 unspecified atom stereocenters. The van der Waals surface area contributed by atoms with Crippen LogP contribution in [0, 0.1) is 5.41 Å². The first-order valence-electron chi connectivity index (χ1n) is 7.00. The van der Waals surface area contributed by atoms with Crippen molar-refractivity contribution in [3.05, 3.63) is 12.1 Å². The zero-order valence-electron chi connectivity index (χ0n) is 13.4. The fourth-order valence-corrected chi connectivity index (χ4v) is 1.98. The van der Waals surface area contributed by atoms with Crippen molar-refractivity contribution in [3.8, 4) is 11.5 Å². The first-order valence-corrected chi connectivity index (χ1v) is 7.00. The topological polar surface area (TPSA) is 103 Å². The van der Waals surface area contributed by atoms with Crippen molar-refractivity contribution in [2.75, 3.05) is 24.4 Å². The van der Waals surface area contributed by atoms with Gasteiger partial charge in [0.2, 0.25) is 18.6 Å². The van der Waals surface area contributed by atoms with Gasteiger partial charge in [0.05, 0.1) is 17.9 Å². The highest BCUT2D eigenvalue weighted by molar-refractivity contribution is 5.97. The second-order valence-corrected chi connectivity index (χ2v) is 6.36. The van der Waals surface area contributed by atoms with Crippen LogP contribution in [0.1, 0.15) is 27.2 Å².